The van der Waals surface area contributed by atoms with Gasteiger partial charge in [0.2, 0.25) is 5.91 Å². The average Bonchev–Trinajstić information content (AvgIpc) is 2.81. The van der Waals surface area contributed by atoms with Crippen LogP contribution in [0.25, 0.3) is 0 Å². The lowest BCUT2D eigenvalue weighted by Crippen LogP contribution is -2.42. The third-order valence-corrected chi connectivity index (χ3v) is 2.63. The Kier molecular flexibility index (Phi) is 5.23. The lowest BCUT2D eigenvalue weighted by molar-refractivity contribution is -0.124. The van der Waals surface area contributed by atoms with Crippen molar-refractivity contribution >= 4 is 11.7 Å². The minimum atomic E-state index is -0.619. The summed E-state index contributed by atoms with van der Waals surface area (Å²) in [6.45, 7) is 4.14. The lowest BCUT2D eigenvalue weighted by atomic mass is 9.94. The molecule has 0 aliphatic rings. The van der Waals surface area contributed by atoms with Crippen LogP contribution in [0.3, 0.4) is 0 Å². The number of carbonyl (C=O) groups is 1. The molecule has 0 aromatic carbocycles. The molecule has 0 fully saturated rings. The molecule has 1 aromatic heterocycles. The first-order valence-electron chi connectivity index (χ1n) is 5.83. The molecule has 0 radical (unpaired) electrons. The molecule has 6 nitrogen and oxygen atoms in total. The Morgan fingerprint density at radius 2 is 2.33 bits per heavy atom. The van der Waals surface area contributed by atoms with Crippen molar-refractivity contribution in [2.45, 2.75) is 20.3 Å². The first-order chi connectivity index (χ1) is 8.56. The van der Waals surface area contributed by atoms with Gasteiger partial charge >= 0.3 is 0 Å². The summed E-state index contributed by atoms with van der Waals surface area (Å²) >= 11 is 0. The molecule has 6 heteroatoms. The molecule has 0 aliphatic heterocycles. The zero-order valence-corrected chi connectivity index (χ0v) is 10.6. The Balaban J connectivity index is 2.47. The minimum absolute atomic E-state index is 0.0375. The van der Waals surface area contributed by atoms with Crippen LogP contribution in [-0.2, 0) is 11.2 Å². The molecule has 0 spiro atoms. The summed E-state index contributed by atoms with van der Waals surface area (Å²) in [4.78, 5) is 11.9. The summed E-state index contributed by atoms with van der Waals surface area (Å²) in [6, 6.07) is 3.64. The molecule has 1 aromatic rings. The molecule has 4 N–H and O–H groups in total. The van der Waals surface area contributed by atoms with E-state index < -0.39 is 5.92 Å². The van der Waals surface area contributed by atoms with Crippen LogP contribution in [0.15, 0.2) is 28.0 Å². The van der Waals surface area contributed by atoms with Crippen molar-refractivity contribution in [2.75, 3.05) is 6.54 Å². The lowest BCUT2D eigenvalue weighted by Gasteiger charge is -2.18. The summed E-state index contributed by atoms with van der Waals surface area (Å²) in [5.41, 5.74) is 5.51. The smallest absolute Gasteiger partial charge is 0.231 e. The Hall–Kier alpha value is -1.98. The number of nitrogens with one attached hydrogen (secondary N) is 1. The van der Waals surface area contributed by atoms with Crippen LogP contribution >= 0.6 is 0 Å². The van der Waals surface area contributed by atoms with E-state index in [-0.39, 0.29) is 17.7 Å². The highest BCUT2D eigenvalue weighted by Gasteiger charge is 2.26. The highest BCUT2D eigenvalue weighted by atomic mass is 16.4. The molecule has 1 atom stereocenters. The summed E-state index contributed by atoms with van der Waals surface area (Å²) in [5.74, 6) is -0.163. The molecule has 0 saturated heterocycles. The number of hydrogen-bond donors (Lipinski definition) is 3. The van der Waals surface area contributed by atoms with E-state index in [4.69, 9.17) is 15.4 Å². The fraction of sp³-hybridized carbons (Fsp3) is 0.500. The third kappa shape index (κ3) is 3.80. The van der Waals surface area contributed by atoms with Gasteiger partial charge in [0, 0.05) is 13.0 Å². The zero-order chi connectivity index (χ0) is 13.5. The van der Waals surface area contributed by atoms with Gasteiger partial charge < -0.3 is 20.7 Å². The number of oxime groups is 1. The summed E-state index contributed by atoms with van der Waals surface area (Å²) in [6.07, 6.45) is 2.20. The van der Waals surface area contributed by atoms with Crippen LogP contribution in [0.5, 0.6) is 0 Å². The highest BCUT2D eigenvalue weighted by Crippen LogP contribution is 2.11. The van der Waals surface area contributed by atoms with Gasteiger partial charge in [-0.25, -0.2) is 0 Å². The van der Waals surface area contributed by atoms with Crippen molar-refractivity contribution in [1.29, 1.82) is 0 Å². The molecule has 0 bridgehead atoms. The first-order valence-corrected chi connectivity index (χ1v) is 5.83. The molecule has 1 rings (SSSR count). The molecule has 1 unspecified atom stereocenters. The number of nitrogens with two attached hydrogens (primary N) is 1. The van der Waals surface area contributed by atoms with Crippen LogP contribution < -0.4 is 11.1 Å². The Labute approximate surface area is 106 Å². The molecule has 0 aliphatic carbocycles. The van der Waals surface area contributed by atoms with Crippen LogP contribution in [0.2, 0.25) is 0 Å². The standard InChI is InChI=1S/C12H19N3O3/c1-8(2)10(11(13)15-17)12(16)14-6-5-9-4-3-7-18-9/h3-4,7-8,10,17H,5-6H2,1-2H3,(H2,13,15)(H,14,16). The van der Waals surface area contributed by atoms with Gasteiger partial charge in [0.05, 0.1) is 6.26 Å². The Morgan fingerprint density at radius 1 is 1.61 bits per heavy atom. The maximum atomic E-state index is 11.9. The third-order valence-electron chi connectivity index (χ3n) is 2.63. The molecule has 1 amide bonds. The fourth-order valence-electron chi connectivity index (χ4n) is 1.71. The van der Waals surface area contributed by atoms with Crippen LogP contribution in [0, 0.1) is 11.8 Å². The van der Waals surface area contributed by atoms with E-state index in [1.54, 1.807) is 12.3 Å². The van der Waals surface area contributed by atoms with Gasteiger partial charge in [-0.3, -0.25) is 4.79 Å². The fourth-order valence-corrected chi connectivity index (χ4v) is 1.71. The van der Waals surface area contributed by atoms with Crippen molar-refractivity contribution in [1.82, 2.24) is 5.32 Å². The maximum absolute atomic E-state index is 11.9. The molecule has 100 valence electrons. The highest BCUT2D eigenvalue weighted by molar-refractivity contribution is 6.02. The Bertz CT molecular complexity index is 399. The molecular formula is C12H19N3O3. The van der Waals surface area contributed by atoms with E-state index >= 15 is 0 Å². The number of amidine groups is 1. The second-order valence-electron chi connectivity index (χ2n) is 4.37. The number of rotatable bonds is 6. The summed E-state index contributed by atoms with van der Waals surface area (Å²) in [7, 11) is 0. The van der Waals surface area contributed by atoms with Gasteiger partial charge in [-0.2, -0.15) is 0 Å². The van der Waals surface area contributed by atoms with E-state index in [1.165, 1.54) is 0 Å². The molecule has 18 heavy (non-hydrogen) atoms. The van der Waals surface area contributed by atoms with Crippen LogP contribution in [0.1, 0.15) is 19.6 Å². The monoisotopic (exact) mass is 253 g/mol. The second-order valence-corrected chi connectivity index (χ2v) is 4.37. The van der Waals surface area contributed by atoms with Crippen molar-refractivity contribution in [3.8, 4) is 0 Å². The van der Waals surface area contributed by atoms with E-state index in [9.17, 15) is 4.79 Å². The van der Waals surface area contributed by atoms with E-state index in [0.29, 0.717) is 13.0 Å². The van der Waals surface area contributed by atoms with E-state index in [1.807, 2.05) is 19.9 Å². The van der Waals surface area contributed by atoms with Crippen LogP contribution in [0.4, 0.5) is 0 Å². The second kappa shape index (κ2) is 6.68. The van der Waals surface area contributed by atoms with E-state index in [2.05, 4.69) is 10.5 Å². The van der Waals surface area contributed by atoms with Gasteiger partial charge in [-0.1, -0.05) is 19.0 Å². The molecular weight excluding hydrogens is 234 g/mol. The minimum Gasteiger partial charge on any atom is -0.469 e. The molecule has 0 saturated carbocycles. The number of furan rings is 1. The number of carbonyl (C=O) groups excluding carboxylic acids is 1. The van der Waals surface area contributed by atoms with Crippen molar-refractivity contribution < 1.29 is 14.4 Å². The van der Waals surface area contributed by atoms with Gasteiger partial charge in [0.1, 0.15) is 11.7 Å². The molecule has 1 heterocycles. The summed E-state index contributed by atoms with van der Waals surface area (Å²) < 4.78 is 5.15. The number of amides is 1. The summed E-state index contributed by atoms with van der Waals surface area (Å²) in [5, 5.41) is 14.3. The largest absolute Gasteiger partial charge is 0.469 e. The van der Waals surface area contributed by atoms with Crippen molar-refractivity contribution in [3.63, 3.8) is 0 Å². The SMILES string of the molecule is CC(C)C(C(=O)NCCc1ccco1)C(N)=NO. The predicted molar refractivity (Wildman–Crippen MR) is 67.2 cm³/mol. The van der Waals surface area contributed by atoms with Crippen molar-refractivity contribution in [3.05, 3.63) is 24.2 Å². The van der Waals surface area contributed by atoms with E-state index in [0.717, 1.165) is 5.76 Å². The van der Waals surface area contributed by atoms with Gasteiger partial charge in [0.15, 0.2) is 5.84 Å². The topological polar surface area (TPSA) is 101 Å². The Morgan fingerprint density at radius 3 is 2.83 bits per heavy atom. The zero-order valence-electron chi connectivity index (χ0n) is 10.6. The quantitative estimate of drug-likeness (QED) is 0.304. The van der Waals surface area contributed by atoms with Gasteiger partial charge in [-0.15, -0.1) is 0 Å². The van der Waals surface area contributed by atoms with Gasteiger partial charge in [-0.05, 0) is 18.1 Å². The predicted octanol–water partition coefficient (Wildman–Crippen LogP) is 0.957. The maximum Gasteiger partial charge on any atom is 0.231 e. The normalized spacial score (nSPS) is 13.6. The van der Waals surface area contributed by atoms with Crippen molar-refractivity contribution in [2.24, 2.45) is 22.7 Å². The average molecular weight is 253 g/mol. The van der Waals surface area contributed by atoms with Crippen LogP contribution in [-0.4, -0.2) is 23.5 Å². The number of hydrogen-bond acceptors (Lipinski definition) is 4. The van der Waals surface area contributed by atoms with Gasteiger partial charge in [0.25, 0.3) is 0 Å². The first kappa shape index (κ1) is 14.1. The number of nitrogens with zero attached hydrogens (tertiary/aromatic N) is 1.